The van der Waals surface area contributed by atoms with E-state index in [1.54, 1.807) is 12.3 Å². The van der Waals surface area contributed by atoms with Gasteiger partial charge in [-0.05, 0) is 36.7 Å². The third-order valence-electron chi connectivity index (χ3n) is 2.60. The van der Waals surface area contributed by atoms with Crippen molar-refractivity contribution in [2.24, 2.45) is 0 Å². The molecule has 0 saturated heterocycles. The van der Waals surface area contributed by atoms with E-state index in [9.17, 15) is 0 Å². The first kappa shape index (κ1) is 11.9. The zero-order valence-corrected chi connectivity index (χ0v) is 10.9. The van der Waals surface area contributed by atoms with E-state index in [1.165, 1.54) is 0 Å². The number of aryl methyl sites for hydroxylation is 1. The van der Waals surface area contributed by atoms with Crippen LogP contribution in [0.5, 0.6) is 11.6 Å². The van der Waals surface area contributed by atoms with Gasteiger partial charge >= 0.3 is 0 Å². The Morgan fingerprint density at radius 1 is 1.11 bits per heavy atom. The molecular weight excluding hydrogens is 262 g/mol. The molecule has 0 aliphatic heterocycles. The zero-order chi connectivity index (χ0) is 13.2. The summed E-state index contributed by atoms with van der Waals surface area (Å²) in [7, 11) is 0. The number of pyridine rings is 1. The molecule has 5 heteroatoms. The predicted molar refractivity (Wildman–Crippen MR) is 73.6 cm³/mol. The standard InChI is InChI=1S/C14H10ClN3O/c1-9-7-13(18-14(15)17-9)19-11-5-4-10-3-2-6-16-12(10)8-11/h2-8H,1H3. The highest BCUT2D eigenvalue weighted by atomic mass is 35.5. The summed E-state index contributed by atoms with van der Waals surface area (Å²) in [5.41, 5.74) is 1.63. The molecule has 0 radical (unpaired) electrons. The van der Waals surface area contributed by atoms with Crippen LogP contribution in [0.3, 0.4) is 0 Å². The van der Waals surface area contributed by atoms with Crippen LogP contribution < -0.4 is 4.74 Å². The van der Waals surface area contributed by atoms with Crippen LogP contribution in [0.15, 0.2) is 42.6 Å². The summed E-state index contributed by atoms with van der Waals surface area (Å²) in [4.78, 5) is 12.3. The van der Waals surface area contributed by atoms with Gasteiger partial charge in [0.15, 0.2) is 0 Å². The normalized spacial score (nSPS) is 10.6. The molecule has 0 N–H and O–H groups in total. The van der Waals surface area contributed by atoms with Crippen molar-refractivity contribution in [2.45, 2.75) is 6.92 Å². The highest BCUT2D eigenvalue weighted by Crippen LogP contribution is 2.24. The fourth-order valence-corrected chi connectivity index (χ4v) is 2.00. The SMILES string of the molecule is Cc1cc(Oc2ccc3cccnc3c2)nc(Cl)n1. The minimum Gasteiger partial charge on any atom is -0.439 e. The highest BCUT2D eigenvalue weighted by Gasteiger charge is 2.04. The Bertz CT molecular complexity index is 725. The van der Waals surface area contributed by atoms with Crippen molar-refractivity contribution in [1.82, 2.24) is 15.0 Å². The van der Waals surface area contributed by atoms with Crippen molar-refractivity contribution in [3.8, 4) is 11.6 Å². The molecule has 0 fully saturated rings. The second-order valence-electron chi connectivity index (χ2n) is 4.08. The summed E-state index contributed by atoms with van der Waals surface area (Å²) >= 11 is 5.80. The molecule has 2 heterocycles. The van der Waals surface area contributed by atoms with Gasteiger partial charge in [0, 0.05) is 29.4 Å². The van der Waals surface area contributed by atoms with E-state index in [-0.39, 0.29) is 5.28 Å². The first-order valence-electron chi connectivity index (χ1n) is 5.74. The molecule has 0 spiro atoms. The van der Waals surface area contributed by atoms with Gasteiger partial charge in [-0.3, -0.25) is 4.98 Å². The minimum absolute atomic E-state index is 0.175. The van der Waals surface area contributed by atoms with E-state index in [0.29, 0.717) is 11.6 Å². The van der Waals surface area contributed by atoms with Gasteiger partial charge in [0.05, 0.1) is 5.52 Å². The molecule has 3 aromatic rings. The van der Waals surface area contributed by atoms with Gasteiger partial charge in [-0.15, -0.1) is 0 Å². The van der Waals surface area contributed by atoms with Crippen LogP contribution in [0.4, 0.5) is 0 Å². The largest absolute Gasteiger partial charge is 0.439 e. The molecule has 94 valence electrons. The van der Waals surface area contributed by atoms with E-state index >= 15 is 0 Å². The van der Waals surface area contributed by atoms with E-state index in [2.05, 4.69) is 15.0 Å². The summed E-state index contributed by atoms with van der Waals surface area (Å²) in [6.07, 6.45) is 1.75. The summed E-state index contributed by atoms with van der Waals surface area (Å²) in [5.74, 6) is 1.09. The monoisotopic (exact) mass is 271 g/mol. The molecule has 0 unspecified atom stereocenters. The van der Waals surface area contributed by atoms with Crippen LogP contribution in [0, 0.1) is 6.92 Å². The number of hydrogen-bond acceptors (Lipinski definition) is 4. The lowest BCUT2D eigenvalue weighted by atomic mass is 10.2. The quantitative estimate of drug-likeness (QED) is 0.666. The van der Waals surface area contributed by atoms with Crippen molar-refractivity contribution in [3.63, 3.8) is 0 Å². The average Bonchev–Trinajstić information content (AvgIpc) is 2.37. The third kappa shape index (κ3) is 2.63. The smallest absolute Gasteiger partial charge is 0.225 e. The maximum Gasteiger partial charge on any atom is 0.225 e. The van der Waals surface area contributed by atoms with Gasteiger partial charge in [0.2, 0.25) is 11.2 Å². The summed E-state index contributed by atoms with van der Waals surface area (Å²) in [6.45, 7) is 1.84. The fraction of sp³-hybridized carbons (Fsp3) is 0.0714. The van der Waals surface area contributed by atoms with Crippen LogP contribution in [0.1, 0.15) is 5.69 Å². The zero-order valence-electron chi connectivity index (χ0n) is 10.2. The number of ether oxygens (including phenoxy) is 1. The van der Waals surface area contributed by atoms with Gasteiger partial charge in [-0.2, -0.15) is 4.98 Å². The number of rotatable bonds is 2. The molecule has 0 amide bonds. The lowest BCUT2D eigenvalue weighted by Gasteiger charge is -2.06. The van der Waals surface area contributed by atoms with Gasteiger partial charge in [0.25, 0.3) is 0 Å². The van der Waals surface area contributed by atoms with E-state index in [0.717, 1.165) is 16.6 Å². The lowest BCUT2D eigenvalue weighted by molar-refractivity contribution is 0.461. The highest BCUT2D eigenvalue weighted by molar-refractivity contribution is 6.28. The molecule has 0 atom stereocenters. The third-order valence-corrected chi connectivity index (χ3v) is 2.77. The van der Waals surface area contributed by atoms with Gasteiger partial charge in [-0.25, -0.2) is 4.98 Å². The van der Waals surface area contributed by atoms with Crippen LogP contribution in [-0.4, -0.2) is 15.0 Å². The molecule has 3 rings (SSSR count). The Balaban J connectivity index is 1.96. The predicted octanol–water partition coefficient (Wildman–Crippen LogP) is 3.78. The number of hydrogen-bond donors (Lipinski definition) is 0. The van der Waals surface area contributed by atoms with Crippen LogP contribution in [0.2, 0.25) is 5.28 Å². The second kappa shape index (κ2) is 4.82. The maximum absolute atomic E-state index is 5.80. The average molecular weight is 272 g/mol. The Hall–Kier alpha value is -2.20. The fourth-order valence-electron chi connectivity index (χ4n) is 1.79. The van der Waals surface area contributed by atoms with Crippen LogP contribution in [-0.2, 0) is 0 Å². The number of halogens is 1. The number of aromatic nitrogens is 3. The first-order valence-corrected chi connectivity index (χ1v) is 6.12. The molecule has 0 aliphatic carbocycles. The Kier molecular flexibility index (Phi) is 3.01. The van der Waals surface area contributed by atoms with Crippen LogP contribution in [0.25, 0.3) is 10.9 Å². The van der Waals surface area contributed by atoms with Crippen LogP contribution >= 0.6 is 11.6 Å². The number of fused-ring (bicyclic) bond motifs is 1. The molecule has 0 aliphatic rings. The summed E-state index contributed by atoms with van der Waals surface area (Å²) < 4.78 is 5.67. The Morgan fingerprint density at radius 2 is 2.00 bits per heavy atom. The number of nitrogens with zero attached hydrogens (tertiary/aromatic N) is 3. The maximum atomic E-state index is 5.80. The molecule has 19 heavy (non-hydrogen) atoms. The van der Waals surface area contributed by atoms with E-state index in [1.807, 2.05) is 37.3 Å². The van der Waals surface area contributed by atoms with Crippen molar-refractivity contribution in [3.05, 3.63) is 53.6 Å². The molecule has 2 aromatic heterocycles. The summed E-state index contributed by atoms with van der Waals surface area (Å²) in [5, 5.41) is 1.24. The summed E-state index contributed by atoms with van der Waals surface area (Å²) in [6, 6.07) is 11.3. The first-order chi connectivity index (χ1) is 9.20. The molecule has 0 bridgehead atoms. The van der Waals surface area contributed by atoms with Gasteiger partial charge in [-0.1, -0.05) is 6.07 Å². The lowest BCUT2D eigenvalue weighted by Crippen LogP contribution is -1.92. The number of benzene rings is 1. The Labute approximate surface area is 115 Å². The van der Waals surface area contributed by atoms with Gasteiger partial charge < -0.3 is 4.74 Å². The van der Waals surface area contributed by atoms with Crippen molar-refractivity contribution < 1.29 is 4.74 Å². The second-order valence-corrected chi connectivity index (χ2v) is 4.41. The minimum atomic E-state index is 0.175. The molecule has 0 saturated carbocycles. The van der Waals surface area contributed by atoms with E-state index in [4.69, 9.17) is 16.3 Å². The van der Waals surface area contributed by atoms with Gasteiger partial charge in [0.1, 0.15) is 5.75 Å². The van der Waals surface area contributed by atoms with Crippen molar-refractivity contribution in [1.29, 1.82) is 0 Å². The molecular formula is C14H10ClN3O. The Morgan fingerprint density at radius 3 is 2.84 bits per heavy atom. The molecule has 4 nitrogen and oxygen atoms in total. The van der Waals surface area contributed by atoms with Crippen molar-refractivity contribution in [2.75, 3.05) is 0 Å². The topological polar surface area (TPSA) is 47.9 Å². The van der Waals surface area contributed by atoms with E-state index < -0.39 is 0 Å². The molecule has 1 aromatic carbocycles. The van der Waals surface area contributed by atoms with Crippen molar-refractivity contribution >= 4 is 22.5 Å².